The molecule has 0 saturated heterocycles. The van der Waals surface area contributed by atoms with Gasteiger partial charge >= 0.3 is 0 Å². The summed E-state index contributed by atoms with van der Waals surface area (Å²) in [5.41, 5.74) is 2.44. The van der Waals surface area contributed by atoms with Crippen LogP contribution < -0.4 is 4.74 Å². The van der Waals surface area contributed by atoms with Crippen molar-refractivity contribution in [2.24, 2.45) is 5.16 Å². The first-order valence-electron chi connectivity index (χ1n) is 8.99. The Bertz CT molecular complexity index is 838. The lowest BCUT2D eigenvalue weighted by Crippen LogP contribution is -2.36. The lowest BCUT2D eigenvalue weighted by atomic mass is 10.0. The largest absolute Gasteiger partial charge is 0.496 e. The summed E-state index contributed by atoms with van der Waals surface area (Å²) >= 11 is 0. The Labute approximate surface area is 158 Å². The molecule has 0 aliphatic carbocycles. The number of benzene rings is 2. The summed E-state index contributed by atoms with van der Waals surface area (Å²) in [4.78, 5) is 19.6. The van der Waals surface area contributed by atoms with Gasteiger partial charge in [0.25, 0.3) is 0 Å². The van der Waals surface area contributed by atoms with Gasteiger partial charge < -0.3 is 14.5 Å². The van der Waals surface area contributed by atoms with Crippen molar-refractivity contribution in [3.8, 4) is 5.75 Å². The third-order valence-electron chi connectivity index (χ3n) is 4.49. The minimum atomic E-state index is -0.310. The van der Waals surface area contributed by atoms with E-state index in [2.05, 4.69) is 5.16 Å². The first kappa shape index (κ1) is 18.9. The van der Waals surface area contributed by atoms with E-state index in [1.165, 1.54) is 12.1 Å². The van der Waals surface area contributed by atoms with Gasteiger partial charge in [-0.15, -0.1) is 0 Å². The van der Waals surface area contributed by atoms with Crippen LogP contribution in [0.25, 0.3) is 0 Å². The second-order valence-corrected chi connectivity index (χ2v) is 6.43. The maximum atomic E-state index is 13.5. The molecule has 1 heterocycles. The van der Waals surface area contributed by atoms with Crippen LogP contribution in [0.4, 0.5) is 4.39 Å². The summed E-state index contributed by atoms with van der Waals surface area (Å²) in [6.45, 7) is 2.55. The lowest BCUT2D eigenvalue weighted by molar-refractivity contribution is -0.133. The fraction of sp³-hybridized carbons (Fsp3) is 0.333. The van der Waals surface area contributed by atoms with Gasteiger partial charge in [0.2, 0.25) is 5.91 Å². The molecule has 0 bridgehead atoms. The van der Waals surface area contributed by atoms with Crippen molar-refractivity contribution in [2.45, 2.75) is 32.4 Å². The predicted molar refractivity (Wildman–Crippen MR) is 101 cm³/mol. The zero-order valence-electron chi connectivity index (χ0n) is 15.5. The van der Waals surface area contributed by atoms with Gasteiger partial charge in [-0.3, -0.25) is 4.79 Å². The number of carbonyl (C=O) groups is 1. The molecule has 6 heteroatoms. The molecule has 2 aromatic rings. The Morgan fingerprint density at radius 2 is 2.11 bits per heavy atom. The van der Waals surface area contributed by atoms with Crippen LogP contribution in [0.2, 0.25) is 0 Å². The molecule has 3 rings (SSSR count). The van der Waals surface area contributed by atoms with E-state index in [4.69, 9.17) is 9.57 Å². The molecule has 142 valence electrons. The highest BCUT2D eigenvalue weighted by molar-refractivity contribution is 6.03. The first-order valence-corrected chi connectivity index (χ1v) is 8.99. The number of ether oxygens (including phenoxy) is 1. The van der Waals surface area contributed by atoms with E-state index in [1.807, 2.05) is 37.3 Å². The number of para-hydroxylation sites is 1. The molecule has 0 spiro atoms. The zero-order valence-corrected chi connectivity index (χ0v) is 15.5. The number of methoxy groups -OCH3 is 1. The van der Waals surface area contributed by atoms with Gasteiger partial charge in [0.1, 0.15) is 11.6 Å². The highest BCUT2D eigenvalue weighted by Crippen LogP contribution is 2.25. The molecular weight excluding hydrogens is 347 g/mol. The van der Waals surface area contributed by atoms with Gasteiger partial charge in [0.05, 0.1) is 19.4 Å². The summed E-state index contributed by atoms with van der Waals surface area (Å²) in [5.74, 6) is 0.422. The molecule has 1 aliphatic rings. The van der Waals surface area contributed by atoms with E-state index in [-0.39, 0.29) is 17.8 Å². The van der Waals surface area contributed by atoms with Crippen LogP contribution in [0.3, 0.4) is 0 Å². The molecule has 2 aromatic carbocycles. The van der Waals surface area contributed by atoms with Crippen molar-refractivity contribution < 1.29 is 18.8 Å². The average molecular weight is 370 g/mol. The standard InChI is InChI=1S/C21H23FN2O3/c1-3-21(25)24(13-15-7-6-8-16(22)11-15)14-17-12-19(23-27-17)18-9-4-5-10-20(18)26-2/h4-11,17H,3,12-14H2,1-2H3/t17-/m1/s1. The van der Waals surface area contributed by atoms with Crippen molar-refractivity contribution in [3.63, 3.8) is 0 Å². The van der Waals surface area contributed by atoms with E-state index in [0.29, 0.717) is 25.9 Å². The van der Waals surface area contributed by atoms with Crippen LogP contribution in [0.1, 0.15) is 30.9 Å². The third-order valence-corrected chi connectivity index (χ3v) is 4.49. The molecule has 0 aromatic heterocycles. The third kappa shape index (κ3) is 4.64. The minimum absolute atomic E-state index is 0.00592. The minimum Gasteiger partial charge on any atom is -0.496 e. The fourth-order valence-electron chi connectivity index (χ4n) is 3.15. The van der Waals surface area contributed by atoms with Crippen LogP contribution >= 0.6 is 0 Å². The Morgan fingerprint density at radius 3 is 2.85 bits per heavy atom. The topological polar surface area (TPSA) is 51.1 Å². The molecule has 0 fully saturated rings. The highest BCUT2D eigenvalue weighted by Gasteiger charge is 2.27. The molecule has 0 N–H and O–H groups in total. The van der Waals surface area contributed by atoms with Crippen LogP contribution in [0.15, 0.2) is 53.7 Å². The number of hydrogen-bond acceptors (Lipinski definition) is 4. The fourth-order valence-corrected chi connectivity index (χ4v) is 3.15. The van der Waals surface area contributed by atoms with Gasteiger partial charge in [-0.1, -0.05) is 36.3 Å². The van der Waals surface area contributed by atoms with Gasteiger partial charge in [-0.05, 0) is 29.8 Å². The van der Waals surface area contributed by atoms with Crippen molar-refractivity contribution in [1.29, 1.82) is 0 Å². The Kier molecular flexibility index (Phi) is 6.06. The Morgan fingerprint density at radius 1 is 1.30 bits per heavy atom. The number of oxime groups is 1. The molecule has 0 saturated carbocycles. The lowest BCUT2D eigenvalue weighted by Gasteiger charge is -2.24. The first-order chi connectivity index (χ1) is 13.1. The van der Waals surface area contributed by atoms with E-state index < -0.39 is 0 Å². The molecule has 1 amide bonds. The van der Waals surface area contributed by atoms with Crippen molar-refractivity contribution in [3.05, 3.63) is 65.5 Å². The molecule has 0 unspecified atom stereocenters. The Hall–Kier alpha value is -2.89. The summed E-state index contributed by atoms with van der Waals surface area (Å²) in [6.07, 6.45) is 0.716. The van der Waals surface area contributed by atoms with E-state index in [1.54, 1.807) is 18.1 Å². The van der Waals surface area contributed by atoms with Crippen LogP contribution in [-0.4, -0.2) is 36.3 Å². The monoisotopic (exact) mass is 370 g/mol. The predicted octanol–water partition coefficient (Wildman–Crippen LogP) is 3.77. The maximum absolute atomic E-state index is 13.5. The number of rotatable bonds is 7. The summed E-state index contributed by atoms with van der Waals surface area (Å²) in [6, 6.07) is 13.9. The van der Waals surface area contributed by atoms with Gasteiger partial charge in [0, 0.05) is 24.9 Å². The number of halogens is 1. The molecule has 5 nitrogen and oxygen atoms in total. The van der Waals surface area contributed by atoms with E-state index in [0.717, 1.165) is 22.6 Å². The smallest absolute Gasteiger partial charge is 0.222 e. The van der Waals surface area contributed by atoms with E-state index in [9.17, 15) is 9.18 Å². The second-order valence-electron chi connectivity index (χ2n) is 6.43. The van der Waals surface area contributed by atoms with Crippen LogP contribution in [0, 0.1) is 5.82 Å². The normalized spacial score (nSPS) is 15.8. The molecule has 1 atom stereocenters. The molecule has 0 radical (unpaired) electrons. The quantitative estimate of drug-likeness (QED) is 0.746. The number of amides is 1. The van der Waals surface area contributed by atoms with Crippen molar-refractivity contribution >= 4 is 11.6 Å². The molecular formula is C21H23FN2O3. The second kappa shape index (κ2) is 8.66. The number of carbonyl (C=O) groups excluding carboxylic acids is 1. The summed E-state index contributed by atoms with van der Waals surface area (Å²) in [5, 5.41) is 4.19. The molecule has 27 heavy (non-hydrogen) atoms. The van der Waals surface area contributed by atoms with Gasteiger partial charge in [-0.2, -0.15) is 0 Å². The van der Waals surface area contributed by atoms with Gasteiger partial charge in [-0.25, -0.2) is 4.39 Å². The summed E-state index contributed by atoms with van der Waals surface area (Å²) < 4.78 is 18.8. The highest BCUT2D eigenvalue weighted by atomic mass is 19.1. The van der Waals surface area contributed by atoms with Crippen LogP contribution in [-0.2, 0) is 16.2 Å². The zero-order chi connectivity index (χ0) is 19.2. The van der Waals surface area contributed by atoms with Gasteiger partial charge in [0.15, 0.2) is 6.10 Å². The van der Waals surface area contributed by atoms with Crippen molar-refractivity contribution in [1.82, 2.24) is 4.90 Å². The average Bonchev–Trinajstić information content (AvgIpc) is 3.15. The SMILES string of the molecule is CCC(=O)N(Cc1cccc(F)c1)C[C@H]1CC(c2ccccc2OC)=NO1. The maximum Gasteiger partial charge on any atom is 0.222 e. The summed E-state index contributed by atoms with van der Waals surface area (Å²) in [7, 11) is 1.62. The number of hydrogen-bond donors (Lipinski definition) is 0. The van der Waals surface area contributed by atoms with E-state index >= 15 is 0 Å². The number of nitrogens with zero attached hydrogens (tertiary/aromatic N) is 2. The van der Waals surface area contributed by atoms with Crippen molar-refractivity contribution in [2.75, 3.05) is 13.7 Å². The Balaban J connectivity index is 1.68. The molecule has 1 aliphatic heterocycles. The van der Waals surface area contributed by atoms with Crippen LogP contribution in [0.5, 0.6) is 5.75 Å².